The SMILES string of the molecule is COc1ccc(N2C(=O)C[C@@H]2C(C)(F)F)cc1. The largest absolute Gasteiger partial charge is 0.497 e. The number of carbonyl (C=O) groups excluding carboxylic acids is 1. The van der Waals surface area contributed by atoms with Gasteiger partial charge in [0.15, 0.2) is 0 Å². The summed E-state index contributed by atoms with van der Waals surface area (Å²) in [6.45, 7) is 0.834. The minimum atomic E-state index is -2.88. The molecule has 1 fully saturated rings. The molecular weight excluding hydrogens is 228 g/mol. The third-order valence-electron chi connectivity index (χ3n) is 2.88. The van der Waals surface area contributed by atoms with E-state index in [2.05, 4.69) is 0 Å². The smallest absolute Gasteiger partial charge is 0.266 e. The lowest BCUT2D eigenvalue weighted by Crippen LogP contribution is -2.60. The van der Waals surface area contributed by atoms with Gasteiger partial charge in [-0.15, -0.1) is 0 Å². The van der Waals surface area contributed by atoms with Crippen molar-refractivity contribution in [3.05, 3.63) is 24.3 Å². The van der Waals surface area contributed by atoms with Crippen molar-refractivity contribution >= 4 is 11.6 Å². The molecule has 1 aliphatic heterocycles. The average molecular weight is 241 g/mol. The number of anilines is 1. The maximum absolute atomic E-state index is 13.2. The van der Waals surface area contributed by atoms with E-state index in [1.165, 1.54) is 7.11 Å². The van der Waals surface area contributed by atoms with Gasteiger partial charge < -0.3 is 9.64 Å². The van der Waals surface area contributed by atoms with Crippen LogP contribution in [0.1, 0.15) is 13.3 Å². The van der Waals surface area contributed by atoms with Crippen molar-refractivity contribution in [1.29, 1.82) is 0 Å². The Balaban J connectivity index is 2.23. The molecule has 1 aromatic carbocycles. The van der Waals surface area contributed by atoms with Gasteiger partial charge in [0, 0.05) is 12.6 Å². The Kier molecular flexibility index (Phi) is 2.77. The highest BCUT2D eigenvalue weighted by molar-refractivity contribution is 6.01. The lowest BCUT2D eigenvalue weighted by Gasteiger charge is -2.43. The van der Waals surface area contributed by atoms with E-state index >= 15 is 0 Å². The summed E-state index contributed by atoms with van der Waals surface area (Å²) in [6.07, 6.45) is -0.102. The molecule has 0 spiro atoms. The normalized spacial score (nSPS) is 20.1. The van der Waals surface area contributed by atoms with Gasteiger partial charge in [-0.2, -0.15) is 0 Å². The van der Waals surface area contributed by atoms with Gasteiger partial charge in [0.25, 0.3) is 5.92 Å². The maximum atomic E-state index is 13.2. The Morgan fingerprint density at radius 1 is 1.35 bits per heavy atom. The number of β-lactam (4-membered cyclic amide) rings is 1. The van der Waals surface area contributed by atoms with Crippen LogP contribution in [0.25, 0.3) is 0 Å². The van der Waals surface area contributed by atoms with E-state index in [0.29, 0.717) is 11.4 Å². The molecule has 0 saturated carbocycles. The number of amides is 1. The van der Waals surface area contributed by atoms with Crippen LogP contribution >= 0.6 is 0 Å². The van der Waals surface area contributed by atoms with Crippen LogP contribution in [0.5, 0.6) is 5.75 Å². The highest BCUT2D eigenvalue weighted by atomic mass is 19.3. The molecule has 17 heavy (non-hydrogen) atoms. The van der Waals surface area contributed by atoms with Crippen LogP contribution in [0.2, 0.25) is 0 Å². The lowest BCUT2D eigenvalue weighted by atomic mass is 9.95. The molecule has 0 aromatic heterocycles. The Labute approximate surface area is 98.0 Å². The summed E-state index contributed by atoms with van der Waals surface area (Å²) in [5, 5.41) is 0. The van der Waals surface area contributed by atoms with Crippen molar-refractivity contribution in [2.45, 2.75) is 25.3 Å². The molecule has 0 N–H and O–H groups in total. The predicted molar refractivity (Wildman–Crippen MR) is 59.5 cm³/mol. The number of alkyl halides is 2. The van der Waals surface area contributed by atoms with Crippen molar-refractivity contribution in [2.75, 3.05) is 12.0 Å². The molecule has 5 heteroatoms. The second-order valence-electron chi connectivity index (χ2n) is 4.14. The van der Waals surface area contributed by atoms with Crippen molar-refractivity contribution in [3.8, 4) is 5.75 Å². The molecule has 1 atom stereocenters. The summed E-state index contributed by atoms with van der Waals surface area (Å²) in [5.74, 6) is -2.53. The van der Waals surface area contributed by atoms with Crippen LogP contribution in [0, 0.1) is 0 Å². The predicted octanol–water partition coefficient (Wildman–Crippen LogP) is 2.46. The quantitative estimate of drug-likeness (QED) is 0.761. The number of ether oxygens (including phenoxy) is 1. The molecular formula is C12H13F2NO2. The summed E-state index contributed by atoms with van der Waals surface area (Å²) in [6, 6.07) is 5.46. The van der Waals surface area contributed by atoms with E-state index in [1.807, 2.05) is 0 Å². The third kappa shape index (κ3) is 2.09. The second-order valence-corrected chi connectivity index (χ2v) is 4.14. The number of carbonyl (C=O) groups is 1. The van der Waals surface area contributed by atoms with E-state index in [4.69, 9.17) is 4.74 Å². The van der Waals surface area contributed by atoms with E-state index in [9.17, 15) is 13.6 Å². The molecule has 1 aromatic rings. The molecule has 3 nitrogen and oxygen atoms in total. The number of hydrogen-bond donors (Lipinski definition) is 0. The first-order valence-corrected chi connectivity index (χ1v) is 5.27. The molecule has 0 unspecified atom stereocenters. The fourth-order valence-electron chi connectivity index (χ4n) is 1.89. The first-order chi connectivity index (χ1) is 7.93. The fraction of sp³-hybridized carbons (Fsp3) is 0.417. The highest BCUT2D eigenvalue weighted by Gasteiger charge is 2.50. The van der Waals surface area contributed by atoms with Crippen LogP contribution in [0.15, 0.2) is 24.3 Å². The molecule has 1 heterocycles. The van der Waals surface area contributed by atoms with Crippen molar-refractivity contribution < 1.29 is 18.3 Å². The third-order valence-corrected chi connectivity index (χ3v) is 2.88. The monoisotopic (exact) mass is 241 g/mol. The number of hydrogen-bond acceptors (Lipinski definition) is 2. The summed E-state index contributed by atoms with van der Waals surface area (Å²) >= 11 is 0. The molecule has 1 aliphatic rings. The Morgan fingerprint density at radius 3 is 2.35 bits per heavy atom. The van der Waals surface area contributed by atoms with Crippen LogP contribution in [-0.2, 0) is 4.79 Å². The lowest BCUT2D eigenvalue weighted by molar-refractivity contribution is -0.132. The van der Waals surface area contributed by atoms with Crippen LogP contribution in [0.4, 0.5) is 14.5 Å². The summed E-state index contributed by atoms with van der Waals surface area (Å²) in [4.78, 5) is 12.5. The molecule has 0 radical (unpaired) electrons. The van der Waals surface area contributed by atoms with Gasteiger partial charge in [-0.25, -0.2) is 8.78 Å². The van der Waals surface area contributed by atoms with Gasteiger partial charge in [0.05, 0.1) is 13.5 Å². The second kappa shape index (κ2) is 3.98. The van der Waals surface area contributed by atoms with E-state index in [-0.39, 0.29) is 12.3 Å². The van der Waals surface area contributed by atoms with Crippen molar-refractivity contribution in [2.24, 2.45) is 0 Å². The number of rotatable bonds is 3. The highest BCUT2D eigenvalue weighted by Crippen LogP contribution is 2.37. The zero-order valence-electron chi connectivity index (χ0n) is 9.61. The Morgan fingerprint density at radius 2 is 1.94 bits per heavy atom. The number of nitrogens with zero attached hydrogens (tertiary/aromatic N) is 1. The molecule has 0 bridgehead atoms. The Hall–Kier alpha value is -1.65. The van der Waals surface area contributed by atoms with E-state index in [1.54, 1.807) is 24.3 Å². The molecule has 92 valence electrons. The molecule has 1 amide bonds. The van der Waals surface area contributed by atoms with Crippen molar-refractivity contribution in [3.63, 3.8) is 0 Å². The molecule has 2 rings (SSSR count). The minimum absolute atomic E-state index is 0.102. The van der Waals surface area contributed by atoms with Gasteiger partial charge >= 0.3 is 0 Å². The van der Waals surface area contributed by atoms with Crippen LogP contribution in [-0.4, -0.2) is 25.0 Å². The fourth-order valence-corrected chi connectivity index (χ4v) is 1.89. The first-order valence-electron chi connectivity index (χ1n) is 5.27. The maximum Gasteiger partial charge on any atom is 0.266 e. The van der Waals surface area contributed by atoms with E-state index < -0.39 is 12.0 Å². The number of benzene rings is 1. The zero-order valence-corrected chi connectivity index (χ0v) is 9.61. The van der Waals surface area contributed by atoms with Gasteiger partial charge in [-0.05, 0) is 24.3 Å². The van der Waals surface area contributed by atoms with Gasteiger partial charge in [-0.3, -0.25) is 4.79 Å². The minimum Gasteiger partial charge on any atom is -0.497 e. The van der Waals surface area contributed by atoms with Crippen LogP contribution < -0.4 is 9.64 Å². The number of halogens is 2. The van der Waals surface area contributed by atoms with Gasteiger partial charge in [-0.1, -0.05) is 0 Å². The van der Waals surface area contributed by atoms with Gasteiger partial charge in [0.1, 0.15) is 11.8 Å². The topological polar surface area (TPSA) is 29.5 Å². The first kappa shape index (κ1) is 11.8. The van der Waals surface area contributed by atoms with Crippen LogP contribution in [0.3, 0.4) is 0 Å². The molecule has 1 saturated heterocycles. The number of methoxy groups -OCH3 is 1. The summed E-state index contributed by atoms with van der Waals surface area (Å²) in [7, 11) is 1.52. The summed E-state index contributed by atoms with van der Waals surface area (Å²) < 4.78 is 31.4. The zero-order chi connectivity index (χ0) is 12.6. The standard InChI is InChI=1S/C12H13F2NO2/c1-12(13,14)10-7-11(16)15(10)8-3-5-9(17-2)6-4-8/h3-6,10H,7H2,1-2H3/t10-/m1/s1. The Bertz CT molecular complexity index is 425. The van der Waals surface area contributed by atoms with Gasteiger partial charge in [0.2, 0.25) is 5.91 Å². The molecule has 0 aliphatic carbocycles. The summed E-state index contributed by atoms with van der Waals surface area (Å²) in [5.41, 5.74) is 0.480. The van der Waals surface area contributed by atoms with Crippen molar-refractivity contribution in [1.82, 2.24) is 0 Å². The van der Waals surface area contributed by atoms with E-state index in [0.717, 1.165) is 11.8 Å². The average Bonchev–Trinajstić information content (AvgIpc) is 2.25.